The quantitative estimate of drug-likeness (QED) is 0.871. The zero-order valence-corrected chi connectivity index (χ0v) is 13.5. The van der Waals surface area contributed by atoms with E-state index in [-0.39, 0.29) is 5.91 Å². The van der Waals surface area contributed by atoms with Gasteiger partial charge < -0.3 is 15.2 Å². The second kappa shape index (κ2) is 6.34. The molecule has 2 atom stereocenters. The molecular formula is C18H22NO3-. The van der Waals surface area contributed by atoms with E-state index in [1.165, 1.54) is 0 Å². The standard InChI is InChI=1S/C18H23NO3/c1-10-6-5-7-11(2)16(10)19-17(20)14-8-12(3)13(4)9-15(14)18(21)22/h5-7,14-15H,8-9H2,1-4H3,(H,19,20)(H,21,22)/p-1. The van der Waals surface area contributed by atoms with Crippen molar-refractivity contribution < 1.29 is 14.7 Å². The van der Waals surface area contributed by atoms with Gasteiger partial charge in [-0.2, -0.15) is 0 Å². The maximum Gasteiger partial charge on any atom is 0.228 e. The maximum absolute atomic E-state index is 12.6. The van der Waals surface area contributed by atoms with Crippen LogP contribution in [0.25, 0.3) is 0 Å². The lowest BCUT2D eigenvalue weighted by molar-refractivity contribution is -0.313. The van der Waals surface area contributed by atoms with Crippen LogP contribution in [0.5, 0.6) is 0 Å². The van der Waals surface area contributed by atoms with Crippen molar-refractivity contribution in [3.8, 4) is 0 Å². The molecule has 0 fully saturated rings. The number of aliphatic carboxylic acids is 1. The fourth-order valence-electron chi connectivity index (χ4n) is 3.04. The highest BCUT2D eigenvalue weighted by Crippen LogP contribution is 2.35. The van der Waals surface area contributed by atoms with Crippen LogP contribution in [-0.4, -0.2) is 11.9 Å². The van der Waals surface area contributed by atoms with Crippen molar-refractivity contribution in [1.82, 2.24) is 0 Å². The molecule has 1 amide bonds. The molecule has 22 heavy (non-hydrogen) atoms. The Bertz CT molecular complexity index is 625. The fourth-order valence-corrected chi connectivity index (χ4v) is 3.04. The number of carbonyl (C=O) groups is 2. The highest BCUT2D eigenvalue weighted by molar-refractivity contribution is 5.96. The number of hydrogen-bond donors (Lipinski definition) is 1. The number of carbonyl (C=O) groups excluding carboxylic acids is 2. The van der Waals surface area contributed by atoms with Gasteiger partial charge >= 0.3 is 0 Å². The lowest BCUT2D eigenvalue weighted by Crippen LogP contribution is -2.42. The summed E-state index contributed by atoms with van der Waals surface area (Å²) in [6, 6.07) is 5.78. The third kappa shape index (κ3) is 3.21. The molecule has 2 unspecified atom stereocenters. The molecular weight excluding hydrogens is 278 g/mol. The van der Waals surface area contributed by atoms with E-state index in [9.17, 15) is 14.7 Å². The lowest BCUT2D eigenvalue weighted by atomic mass is 9.76. The molecule has 0 heterocycles. The first-order valence-corrected chi connectivity index (χ1v) is 7.54. The molecule has 1 aromatic carbocycles. The Morgan fingerprint density at radius 3 is 2.00 bits per heavy atom. The van der Waals surface area contributed by atoms with Crippen LogP contribution in [0.15, 0.2) is 29.3 Å². The Balaban J connectivity index is 2.26. The normalized spacial score (nSPS) is 21.6. The number of rotatable bonds is 3. The van der Waals surface area contributed by atoms with Gasteiger partial charge in [-0.15, -0.1) is 0 Å². The van der Waals surface area contributed by atoms with Gasteiger partial charge in [0.1, 0.15) is 0 Å². The number of benzene rings is 1. The van der Waals surface area contributed by atoms with Gasteiger partial charge in [0.05, 0.1) is 5.92 Å². The summed E-state index contributed by atoms with van der Waals surface area (Å²) in [5.41, 5.74) is 4.85. The Morgan fingerprint density at radius 1 is 1.00 bits per heavy atom. The zero-order valence-electron chi connectivity index (χ0n) is 13.5. The fraction of sp³-hybridized carbons (Fsp3) is 0.444. The third-order valence-corrected chi connectivity index (χ3v) is 4.64. The molecule has 4 heteroatoms. The molecule has 1 N–H and O–H groups in total. The highest BCUT2D eigenvalue weighted by Gasteiger charge is 2.33. The largest absolute Gasteiger partial charge is 0.550 e. The SMILES string of the molecule is CC1=C(C)CC(C(=O)Nc2c(C)cccc2C)C(C(=O)[O-])C1. The summed E-state index contributed by atoms with van der Waals surface area (Å²) >= 11 is 0. The summed E-state index contributed by atoms with van der Waals surface area (Å²) in [5.74, 6) is -2.72. The average Bonchev–Trinajstić information content (AvgIpc) is 2.45. The van der Waals surface area contributed by atoms with Gasteiger partial charge in [-0.3, -0.25) is 4.79 Å². The van der Waals surface area contributed by atoms with Crippen molar-refractivity contribution in [3.63, 3.8) is 0 Å². The van der Waals surface area contributed by atoms with Gasteiger partial charge in [0.15, 0.2) is 0 Å². The highest BCUT2D eigenvalue weighted by atomic mass is 16.4. The van der Waals surface area contributed by atoms with Crippen LogP contribution in [-0.2, 0) is 9.59 Å². The molecule has 1 aliphatic rings. The molecule has 2 rings (SSSR count). The average molecular weight is 300 g/mol. The number of nitrogens with one attached hydrogen (secondary N) is 1. The predicted octanol–water partition coefficient (Wildman–Crippen LogP) is 2.35. The number of para-hydroxylation sites is 1. The minimum atomic E-state index is -1.14. The van der Waals surface area contributed by atoms with Crippen LogP contribution in [0.4, 0.5) is 5.69 Å². The molecule has 0 saturated heterocycles. The molecule has 118 valence electrons. The molecule has 1 aliphatic carbocycles. The van der Waals surface area contributed by atoms with Crippen LogP contribution in [0.2, 0.25) is 0 Å². The number of allylic oxidation sites excluding steroid dienone is 2. The van der Waals surface area contributed by atoms with E-state index in [1.807, 2.05) is 45.9 Å². The van der Waals surface area contributed by atoms with Gasteiger partial charge in [-0.05, 0) is 51.7 Å². The Hall–Kier alpha value is -2.10. The minimum Gasteiger partial charge on any atom is -0.550 e. The van der Waals surface area contributed by atoms with Crippen LogP contribution >= 0.6 is 0 Å². The summed E-state index contributed by atoms with van der Waals surface area (Å²) in [5, 5.41) is 14.3. The van der Waals surface area contributed by atoms with E-state index >= 15 is 0 Å². The van der Waals surface area contributed by atoms with Crippen molar-refractivity contribution in [1.29, 1.82) is 0 Å². The van der Waals surface area contributed by atoms with Crippen LogP contribution in [0, 0.1) is 25.7 Å². The molecule has 0 spiro atoms. The maximum atomic E-state index is 12.6. The first kappa shape index (κ1) is 16.3. The number of aryl methyl sites for hydroxylation is 2. The van der Waals surface area contributed by atoms with Crippen molar-refractivity contribution in [2.75, 3.05) is 5.32 Å². The monoisotopic (exact) mass is 300 g/mol. The smallest absolute Gasteiger partial charge is 0.228 e. The van der Waals surface area contributed by atoms with E-state index in [4.69, 9.17) is 0 Å². The molecule has 0 saturated carbocycles. The van der Waals surface area contributed by atoms with Crippen LogP contribution in [0.1, 0.15) is 37.8 Å². The van der Waals surface area contributed by atoms with Crippen molar-refractivity contribution in [2.24, 2.45) is 11.8 Å². The van der Waals surface area contributed by atoms with E-state index in [0.717, 1.165) is 28.0 Å². The Kier molecular flexibility index (Phi) is 4.69. The number of anilines is 1. The van der Waals surface area contributed by atoms with Gasteiger partial charge in [-0.1, -0.05) is 29.3 Å². The van der Waals surface area contributed by atoms with Crippen molar-refractivity contribution in [3.05, 3.63) is 40.5 Å². The molecule has 1 aromatic rings. The van der Waals surface area contributed by atoms with Crippen LogP contribution < -0.4 is 10.4 Å². The lowest BCUT2D eigenvalue weighted by Gasteiger charge is -2.33. The second-order valence-electron chi connectivity index (χ2n) is 6.26. The Morgan fingerprint density at radius 2 is 1.50 bits per heavy atom. The minimum absolute atomic E-state index is 0.238. The predicted molar refractivity (Wildman–Crippen MR) is 84.1 cm³/mol. The Labute approximate surface area is 131 Å². The molecule has 4 nitrogen and oxygen atoms in total. The van der Waals surface area contributed by atoms with Gasteiger partial charge in [0, 0.05) is 17.6 Å². The van der Waals surface area contributed by atoms with E-state index in [2.05, 4.69) is 5.32 Å². The molecule has 0 bridgehead atoms. The first-order chi connectivity index (χ1) is 10.3. The van der Waals surface area contributed by atoms with Gasteiger partial charge in [0.2, 0.25) is 5.91 Å². The number of carboxylic acids is 1. The van der Waals surface area contributed by atoms with E-state index in [1.54, 1.807) is 0 Å². The molecule has 0 aliphatic heterocycles. The zero-order chi connectivity index (χ0) is 16.4. The first-order valence-electron chi connectivity index (χ1n) is 7.54. The van der Waals surface area contributed by atoms with Crippen LogP contribution in [0.3, 0.4) is 0 Å². The number of hydrogen-bond acceptors (Lipinski definition) is 3. The summed E-state index contributed by atoms with van der Waals surface area (Å²) < 4.78 is 0. The summed E-state index contributed by atoms with van der Waals surface area (Å²) in [7, 11) is 0. The van der Waals surface area contributed by atoms with E-state index in [0.29, 0.717) is 12.8 Å². The van der Waals surface area contributed by atoms with Crippen molar-refractivity contribution in [2.45, 2.75) is 40.5 Å². The second-order valence-corrected chi connectivity index (χ2v) is 6.26. The van der Waals surface area contributed by atoms with Gasteiger partial charge in [0.25, 0.3) is 0 Å². The molecule has 0 aromatic heterocycles. The topological polar surface area (TPSA) is 69.2 Å². The summed E-state index contributed by atoms with van der Waals surface area (Å²) in [6.45, 7) is 7.73. The van der Waals surface area contributed by atoms with E-state index < -0.39 is 17.8 Å². The summed E-state index contributed by atoms with van der Waals surface area (Å²) in [6.07, 6.45) is 0.861. The third-order valence-electron chi connectivity index (χ3n) is 4.64. The number of carboxylic acid groups (broad SMARTS) is 1. The molecule has 0 radical (unpaired) electrons. The van der Waals surface area contributed by atoms with Crippen molar-refractivity contribution >= 4 is 17.6 Å². The summed E-state index contributed by atoms with van der Waals surface area (Å²) in [4.78, 5) is 24.0. The number of amides is 1. The van der Waals surface area contributed by atoms with Gasteiger partial charge in [-0.25, -0.2) is 0 Å².